The Labute approximate surface area is 190 Å². The van der Waals surface area contributed by atoms with Gasteiger partial charge >= 0.3 is 6.18 Å². The molecule has 0 bridgehead atoms. The lowest BCUT2D eigenvalue weighted by molar-refractivity contribution is -0.137. The summed E-state index contributed by atoms with van der Waals surface area (Å²) >= 11 is 1.00. The molecule has 7 nitrogen and oxygen atoms in total. The molecule has 0 unspecified atom stereocenters. The van der Waals surface area contributed by atoms with E-state index >= 15 is 0 Å². The summed E-state index contributed by atoms with van der Waals surface area (Å²) in [5.74, 6) is -0.991. The van der Waals surface area contributed by atoms with E-state index in [1.165, 1.54) is 25.1 Å². The number of carbonyl (C=O) groups excluding carboxylic acids is 2. The molecule has 0 fully saturated rings. The van der Waals surface area contributed by atoms with Crippen molar-refractivity contribution < 1.29 is 22.8 Å². The van der Waals surface area contributed by atoms with Gasteiger partial charge in [-0.05, 0) is 30.9 Å². The molecule has 3 aromatic rings. The number of halogens is 3. The van der Waals surface area contributed by atoms with E-state index in [1.807, 2.05) is 13.8 Å². The van der Waals surface area contributed by atoms with Crippen LogP contribution in [0.15, 0.2) is 35.1 Å². The van der Waals surface area contributed by atoms with Crippen LogP contribution in [0, 0.1) is 12.3 Å². The Bertz CT molecular complexity index is 1340. The van der Waals surface area contributed by atoms with Crippen LogP contribution in [0.1, 0.15) is 57.4 Å². The summed E-state index contributed by atoms with van der Waals surface area (Å²) in [5.41, 5.74) is -2.15. The zero-order chi connectivity index (χ0) is 24.1. The third-order valence-corrected chi connectivity index (χ3v) is 6.27. The Balaban J connectivity index is 1.70. The fourth-order valence-corrected chi connectivity index (χ4v) is 4.69. The summed E-state index contributed by atoms with van der Waals surface area (Å²) in [6.45, 7) is 5.32. The molecule has 1 aliphatic rings. The topological polar surface area (TPSA) is 93.9 Å². The van der Waals surface area contributed by atoms with E-state index in [4.69, 9.17) is 0 Å². The van der Waals surface area contributed by atoms with Gasteiger partial charge in [-0.2, -0.15) is 18.3 Å². The van der Waals surface area contributed by atoms with Gasteiger partial charge in [-0.1, -0.05) is 37.3 Å². The Hall–Kier alpha value is -3.34. The Morgan fingerprint density at radius 2 is 1.88 bits per heavy atom. The van der Waals surface area contributed by atoms with Crippen molar-refractivity contribution in [3.05, 3.63) is 68.1 Å². The van der Waals surface area contributed by atoms with Gasteiger partial charge in [0.1, 0.15) is 0 Å². The van der Waals surface area contributed by atoms with Crippen LogP contribution in [0.25, 0.3) is 5.69 Å². The van der Waals surface area contributed by atoms with Gasteiger partial charge in [0, 0.05) is 18.2 Å². The van der Waals surface area contributed by atoms with Crippen molar-refractivity contribution in [2.75, 3.05) is 5.32 Å². The normalized spacial score (nSPS) is 15.3. The summed E-state index contributed by atoms with van der Waals surface area (Å²) in [6, 6.07) is 5.80. The molecule has 0 atom stereocenters. The number of amides is 1. The highest BCUT2D eigenvalue weighted by atomic mass is 32.1. The van der Waals surface area contributed by atoms with Gasteiger partial charge in [-0.3, -0.25) is 19.7 Å². The van der Waals surface area contributed by atoms with Crippen molar-refractivity contribution >= 4 is 28.2 Å². The summed E-state index contributed by atoms with van der Waals surface area (Å²) in [5, 5.41) is 6.52. The van der Waals surface area contributed by atoms with E-state index in [0.29, 0.717) is 23.4 Å². The monoisotopic (exact) mass is 476 g/mol. The minimum atomic E-state index is -4.66. The average molecular weight is 476 g/mol. The summed E-state index contributed by atoms with van der Waals surface area (Å²) in [6.07, 6.45) is -3.74. The van der Waals surface area contributed by atoms with Crippen LogP contribution in [0.3, 0.4) is 0 Å². The summed E-state index contributed by atoms with van der Waals surface area (Å²) in [4.78, 5) is 42.4. The van der Waals surface area contributed by atoms with Crippen molar-refractivity contribution in [1.29, 1.82) is 0 Å². The molecular formula is C22H19F3N4O3S. The maximum atomic E-state index is 13.5. The standard InChI is InChI=1S/C22H19F3N4O3S/c1-11-8-15(30)17(28-29(11)14-7-5-4-6-12(14)22(23,24)25)19(32)27-20-26-13-9-21(2,3)10-16(31)18(13)33-20/h4-8H,9-10H2,1-3H3,(H,26,27,32). The molecule has 33 heavy (non-hydrogen) atoms. The average Bonchev–Trinajstić information content (AvgIpc) is 3.08. The molecule has 1 aliphatic carbocycles. The van der Waals surface area contributed by atoms with Crippen LogP contribution in [0.4, 0.5) is 18.3 Å². The van der Waals surface area contributed by atoms with Gasteiger partial charge in [0.15, 0.2) is 16.6 Å². The molecule has 172 valence electrons. The molecule has 2 heterocycles. The van der Waals surface area contributed by atoms with E-state index in [1.54, 1.807) is 0 Å². The Kier molecular flexibility index (Phi) is 5.47. The molecule has 0 saturated heterocycles. The lowest BCUT2D eigenvalue weighted by Gasteiger charge is -2.26. The molecule has 1 N–H and O–H groups in total. The second-order valence-corrected chi connectivity index (χ2v) is 9.61. The molecule has 11 heteroatoms. The van der Waals surface area contributed by atoms with E-state index in [-0.39, 0.29) is 27.7 Å². The zero-order valence-corrected chi connectivity index (χ0v) is 18.7. The minimum Gasteiger partial charge on any atom is -0.296 e. The van der Waals surface area contributed by atoms with Crippen molar-refractivity contribution in [1.82, 2.24) is 14.8 Å². The highest BCUT2D eigenvalue weighted by molar-refractivity contribution is 7.17. The predicted molar refractivity (Wildman–Crippen MR) is 116 cm³/mol. The van der Waals surface area contributed by atoms with Crippen molar-refractivity contribution in [3.63, 3.8) is 0 Å². The number of aromatic nitrogens is 3. The number of Topliss-reactive ketones (excluding diaryl/α,β-unsaturated/α-hetero) is 1. The number of carbonyl (C=O) groups is 2. The number of anilines is 1. The van der Waals surface area contributed by atoms with Crippen molar-refractivity contribution in [2.24, 2.45) is 5.41 Å². The van der Waals surface area contributed by atoms with Crippen LogP contribution >= 0.6 is 11.3 Å². The summed E-state index contributed by atoms with van der Waals surface area (Å²) < 4.78 is 41.3. The largest absolute Gasteiger partial charge is 0.418 e. The lowest BCUT2D eigenvalue weighted by Crippen LogP contribution is -2.27. The molecule has 0 spiro atoms. The fraction of sp³-hybridized carbons (Fsp3) is 0.318. The number of alkyl halides is 3. The molecule has 1 amide bonds. The number of ketones is 1. The number of hydrogen-bond acceptors (Lipinski definition) is 6. The van der Waals surface area contributed by atoms with Gasteiger partial charge in [0.25, 0.3) is 5.91 Å². The minimum absolute atomic E-state index is 0.0705. The third-order valence-electron chi connectivity index (χ3n) is 5.22. The fourth-order valence-electron chi connectivity index (χ4n) is 3.78. The van der Waals surface area contributed by atoms with E-state index < -0.39 is 28.8 Å². The van der Waals surface area contributed by atoms with E-state index in [0.717, 1.165) is 28.2 Å². The molecule has 0 aliphatic heterocycles. The van der Waals surface area contributed by atoms with Crippen molar-refractivity contribution in [2.45, 2.75) is 39.8 Å². The van der Waals surface area contributed by atoms with Crippen LogP contribution in [0.5, 0.6) is 0 Å². The second kappa shape index (κ2) is 7.91. The highest BCUT2D eigenvalue weighted by Crippen LogP contribution is 2.38. The number of thiazole rings is 1. The van der Waals surface area contributed by atoms with Crippen LogP contribution in [-0.4, -0.2) is 26.5 Å². The summed E-state index contributed by atoms with van der Waals surface area (Å²) in [7, 11) is 0. The molecule has 0 saturated carbocycles. The number of rotatable bonds is 3. The first kappa shape index (κ1) is 22.8. The second-order valence-electron chi connectivity index (χ2n) is 8.62. The first-order chi connectivity index (χ1) is 15.4. The van der Waals surface area contributed by atoms with Gasteiger partial charge in [0.2, 0.25) is 5.43 Å². The van der Waals surface area contributed by atoms with Gasteiger partial charge in [-0.15, -0.1) is 0 Å². The van der Waals surface area contributed by atoms with Crippen LogP contribution < -0.4 is 10.7 Å². The number of para-hydroxylation sites is 1. The molecule has 1 aromatic carbocycles. The Morgan fingerprint density at radius 1 is 1.18 bits per heavy atom. The maximum absolute atomic E-state index is 13.5. The number of benzene rings is 1. The number of nitrogens with one attached hydrogen (secondary N) is 1. The molecule has 4 rings (SSSR count). The quantitative estimate of drug-likeness (QED) is 0.604. The third kappa shape index (κ3) is 4.45. The smallest absolute Gasteiger partial charge is 0.296 e. The maximum Gasteiger partial charge on any atom is 0.418 e. The Morgan fingerprint density at radius 3 is 2.58 bits per heavy atom. The van der Waals surface area contributed by atoms with E-state index in [2.05, 4.69) is 15.4 Å². The number of aryl methyl sites for hydroxylation is 1. The molecular weight excluding hydrogens is 457 g/mol. The van der Waals surface area contributed by atoms with Gasteiger partial charge in [-0.25, -0.2) is 9.67 Å². The number of nitrogens with zero attached hydrogens (tertiary/aromatic N) is 3. The van der Waals surface area contributed by atoms with Crippen molar-refractivity contribution in [3.8, 4) is 5.69 Å². The van der Waals surface area contributed by atoms with Crippen LogP contribution in [-0.2, 0) is 12.6 Å². The van der Waals surface area contributed by atoms with Crippen LogP contribution in [0.2, 0.25) is 0 Å². The molecule has 0 radical (unpaired) electrons. The first-order valence-corrected chi connectivity index (χ1v) is 10.8. The van der Waals surface area contributed by atoms with Gasteiger partial charge < -0.3 is 0 Å². The first-order valence-electron chi connectivity index (χ1n) is 9.97. The molecule has 2 aromatic heterocycles. The number of fused-ring (bicyclic) bond motifs is 1. The predicted octanol–water partition coefficient (Wildman–Crippen LogP) is 4.42. The van der Waals surface area contributed by atoms with Gasteiger partial charge in [0.05, 0.1) is 21.8 Å². The van der Waals surface area contributed by atoms with E-state index in [9.17, 15) is 27.6 Å². The lowest BCUT2D eigenvalue weighted by atomic mass is 9.78. The highest BCUT2D eigenvalue weighted by Gasteiger charge is 2.35. The number of hydrogen-bond donors (Lipinski definition) is 1. The zero-order valence-electron chi connectivity index (χ0n) is 17.9. The SMILES string of the molecule is Cc1cc(=O)c(C(=O)Nc2nc3c(s2)C(=O)CC(C)(C)C3)nn1-c1ccccc1C(F)(F)F.